The average Bonchev–Trinajstić information content (AvgIpc) is 2.44. The number of ether oxygens (including phenoxy) is 1. The van der Waals surface area contributed by atoms with Crippen molar-refractivity contribution in [3.8, 4) is 5.75 Å². The van der Waals surface area contributed by atoms with Gasteiger partial charge in [-0.2, -0.15) is 0 Å². The third kappa shape index (κ3) is 4.51. The lowest BCUT2D eigenvalue weighted by Gasteiger charge is -2.33. The van der Waals surface area contributed by atoms with Crippen LogP contribution in [0.3, 0.4) is 0 Å². The highest BCUT2D eigenvalue weighted by Gasteiger charge is 2.18. The topological polar surface area (TPSA) is 38.5 Å². The minimum Gasteiger partial charge on any atom is -0.496 e. The van der Waals surface area contributed by atoms with Gasteiger partial charge < -0.3 is 15.4 Å². The summed E-state index contributed by atoms with van der Waals surface area (Å²) in [4.78, 5) is 2.44. The molecule has 2 N–H and O–H groups in total. The summed E-state index contributed by atoms with van der Waals surface area (Å²) in [5, 5.41) is 0. The molecule has 0 saturated carbocycles. The van der Waals surface area contributed by atoms with Gasteiger partial charge in [0.05, 0.1) is 7.11 Å². The quantitative estimate of drug-likeness (QED) is 0.784. The smallest absolute Gasteiger partial charge is 0.122 e. The van der Waals surface area contributed by atoms with E-state index in [-0.39, 0.29) is 0 Å². The number of para-hydroxylation sites is 1. The van der Waals surface area contributed by atoms with Gasteiger partial charge in [0, 0.05) is 12.1 Å². The Morgan fingerprint density at radius 1 is 1.32 bits per heavy atom. The van der Waals surface area contributed by atoms with Crippen LogP contribution in [0.1, 0.15) is 32.3 Å². The van der Waals surface area contributed by atoms with Crippen LogP contribution in [-0.2, 0) is 6.42 Å². The van der Waals surface area contributed by atoms with Gasteiger partial charge in [0.25, 0.3) is 0 Å². The summed E-state index contributed by atoms with van der Waals surface area (Å²) in [5.41, 5.74) is 6.96. The fourth-order valence-electron chi connectivity index (χ4n) is 2.58. The molecule has 0 saturated heterocycles. The minimum absolute atomic E-state index is 0.479. The second-order valence-electron chi connectivity index (χ2n) is 5.17. The van der Waals surface area contributed by atoms with Crippen LogP contribution in [0, 0.1) is 0 Å². The molecule has 2 atom stereocenters. The fraction of sp³-hybridized carbons (Fsp3) is 0.625. The number of benzene rings is 1. The molecular formula is C16H28N2O. The van der Waals surface area contributed by atoms with E-state index in [1.807, 2.05) is 12.1 Å². The van der Waals surface area contributed by atoms with E-state index >= 15 is 0 Å². The first-order chi connectivity index (χ1) is 9.13. The lowest BCUT2D eigenvalue weighted by Crippen LogP contribution is -2.40. The molecule has 0 aromatic heterocycles. The van der Waals surface area contributed by atoms with Crippen LogP contribution in [0.15, 0.2) is 24.3 Å². The van der Waals surface area contributed by atoms with E-state index in [1.54, 1.807) is 7.11 Å². The molecule has 0 spiro atoms. The van der Waals surface area contributed by atoms with Gasteiger partial charge in [0.1, 0.15) is 5.75 Å². The van der Waals surface area contributed by atoms with Crippen molar-refractivity contribution in [1.29, 1.82) is 0 Å². The molecule has 3 nitrogen and oxygen atoms in total. The summed E-state index contributed by atoms with van der Waals surface area (Å²) in [6.45, 7) is 5.25. The fourth-order valence-corrected chi connectivity index (χ4v) is 2.58. The zero-order valence-corrected chi connectivity index (χ0v) is 12.7. The minimum atomic E-state index is 0.479. The maximum Gasteiger partial charge on any atom is 0.122 e. The molecule has 0 aliphatic carbocycles. The number of rotatable bonds is 8. The number of methoxy groups -OCH3 is 1. The van der Waals surface area contributed by atoms with Crippen molar-refractivity contribution in [2.24, 2.45) is 5.73 Å². The van der Waals surface area contributed by atoms with Gasteiger partial charge in [-0.25, -0.2) is 0 Å². The van der Waals surface area contributed by atoms with Crippen molar-refractivity contribution in [2.45, 2.75) is 45.2 Å². The second-order valence-corrected chi connectivity index (χ2v) is 5.17. The first-order valence-corrected chi connectivity index (χ1v) is 7.17. The number of likely N-dealkylation sites (N-methyl/N-ethyl adjacent to an activating group) is 1. The Morgan fingerprint density at radius 2 is 2.00 bits per heavy atom. The molecule has 1 aromatic rings. The van der Waals surface area contributed by atoms with Crippen molar-refractivity contribution in [3.63, 3.8) is 0 Å². The molecule has 108 valence electrons. The second kappa shape index (κ2) is 8.18. The van der Waals surface area contributed by atoms with E-state index in [4.69, 9.17) is 10.5 Å². The molecule has 1 aromatic carbocycles. The maximum absolute atomic E-state index is 5.69. The molecule has 0 amide bonds. The highest BCUT2D eigenvalue weighted by molar-refractivity contribution is 5.33. The third-order valence-corrected chi connectivity index (χ3v) is 3.95. The van der Waals surface area contributed by atoms with Crippen molar-refractivity contribution in [3.05, 3.63) is 29.8 Å². The summed E-state index contributed by atoms with van der Waals surface area (Å²) in [6.07, 6.45) is 3.20. The molecular weight excluding hydrogens is 236 g/mol. The van der Waals surface area contributed by atoms with Crippen LogP contribution >= 0.6 is 0 Å². The summed E-state index contributed by atoms with van der Waals surface area (Å²) < 4.78 is 5.42. The molecule has 0 radical (unpaired) electrons. The lowest BCUT2D eigenvalue weighted by molar-refractivity contribution is 0.170. The predicted molar refractivity (Wildman–Crippen MR) is 81.7 cm³/mol. The molecule has 19 heavy (non-hydrogen) atoms. The van der Waals surface area contributed by atoms with Gasteiger partial charge in [0.2, 0.25) is 0 Å². The van der Waals surface area contributed by atoms with Gasteiger partial charge in [-0.3, -0.25) is 0 Å². The zero-order chi connectivity index (χ0) is 14.3. The molecule has 2 unspecified atom stereocenters. The molecule has 0 heterocycles. The van der Waals surface area contributed by atoms with Crippen LogP contribution in [0.4, 0.5) is 0 Å². The van der Waals surface area contributed by atoms with Gasteiger partial charge in [-0.1, -0.05) is 25.1 Å². The van der Waals surface area contributed by atoms with E-state index in [0.717, 1.165) is 31.6 Å². The summed E-state index contributed by atoms with van der Waals surface area (Å²) in [7, 11) is 3.93. The van der Waals surface area contributed by atoms with Crippen molar-refractivity contribution >= 4 is 0 Å². The molecule has 0 fully saturated rings. The van der Waals surface area contributed by atoms with Gasteiger partial charge in [-0.15, -0.1) is 0 Å². The lowest BCUT2D eigenvalue weighted by atomic mass is 10.0. The molecule has 0 aliphatic rings. The monoisotopic (exact) mass is 264 g/mol. The van der Waals surface area contributed by atoms with E-state index < -0.39 is 0 Å². The van der Waals surface area contributed by atoms with Gasteiger partial charge in [0.15, 0.2) is 0 Å². The van der Waals surface area contributed by atoms with Crippen molar-refractivity contribution in [2.75, 3.05) is 20.7 Å². The Kier molecular flexibility index (Phi) is 6.89. The van der Waals surface area contributed by atoms with E-state index in [9.17, 15) is 0 Å². The Morgan fingerprint density at radius 3 is 2.58 bits per heavy atom. The number of hydrogen-bond acceptors (Lipinski definition) is 3. The Balaban J connectivity index is 2.69. The Bertz CT molecular complexity index is 368. The predicted octanol–water partition coefficient (Wildman–Crippen LogP) is 2.69. The number of nitrogens with two attached hydrogens (primary N) is 1. The average molecular weight is 264 g/mol. The highest BCUT2D eigenvalue weighted by Crippen LogP contribution is 2.21. The van der Waals surface area contributed by atoms with E-state index in [2.05, 4.69) is 37.9 Å². The normalized spacial score (nSPS) is 14.4. The highest BCUT2D eigenvalue weighted by atomic mass is 16.5. The largest absolute Gasteiger partial charge is 0.496 e. The number of nitrogens with zero attached hydrogens (tertiary/aromatic N) is 1. The van der Waals surface area contributed by atoms with Crippen LogP contribution in [-0.4, -0.2) is 37.7 Å². The summed E-state index contributed by atoms with van der Waals surface area (Å²) >= 11 is 0. The van der Waals surface area contributed by atoms with Gasteiger partial charge >= 0.3 is 0 Å². The third-order valence-electron chi connectivity index (χ3n) is 3.95. The first kappa shape index (κ1) is 16.0. The molecule has 3 heteroatoms. The number of hydrogen-bond donors (Lipinski definition) is 1. The first-order valence-electron chi connectivity index (χ1n) is 7.17. The zero-order valence-electron chi connectivity index (χ0n) is 12.7. The van der Waals surface area contributed by atoms with Crippen LogP contribution in [0.25, 0.3) is 0 Å². The Labute approximate surface area is 117 Å². The van der Waals surface area contributed by atoms with Crippen LogP contribution in [0.5, 0.6) is 5.75 Å². The molecule has 0 aliphatic heterocycles. The van der Waals surface area contributed by atoms with Gasteiger partial charge in [-0.05, 0) is 51.4 Å². The maximum atomic E-state index is 5.69. The molecule has 0 bridgehead atoms. The summed E-state index contributed by atoms with van der Waals surface area (Å²) in [5.74, 6) is 0.981. The van der Waals surface area contributed by atoms with Crippen molar-refractivity contribution in [1.82, 2.24) is 4.90 Å². The van der Waals surface area contributed by atoms with Crippen LogP contribution < -0.4 is 10.5 Å². The standard InChI is InChI=1S/C16H28N2O/c1-5-15(10-11-17)18(3)13(2)12-14-8-6-7-9-16(14)19-4/h6-9,13,15H,5,10-12,17H2,1-4H3. The van der Waals surface area contributed by atoms with E-state index in [1.165, 1.54) is 5.56 Å². The summed E-state index contributed by atoms with van der Waals surface area (Å²) in [6, 6.07) is 9.30. The SMILES string of the molecule is CCC(CCN)N(C)C(C)Cc1ccccc1OC. The molecule has 1 rings (SSSR count). The van der Waals surface area contributed by atoms with Crippen molar-refractivity contribution < 1.29 is 4.74 Å². The Hall–Kier alpha value is -1.06. The van der Waals surface area contributed by atoms with Crippen LogP contribution in [0.2, 0.25) is 0 Å². The van der Waals surface area contributed by atoms with E-state index in [0.29, 0.717) is 12.1 Å².